The number of benzene rings is 1. The highest BCUT2D eigenvalue weighted by atomic mass is 16.3. The molecule has 4 rings (SSSR count). The van der Waals surface area contributed by atoms with Crippen molar-refractivity contribution in [2.75, 3.05) is 19.7 Å². The van der Waals surface area contributed by atoms with Gasteiger partial charge in [-0.2, -0.15) is 5.10 Å². The summed E-state index contributed by atoms with van der Waals surface area (Å²) in [5, 5.41) is 14.1. The summed E-state index contributed by atoms with van der Waals surface area (Å²) in [5.41, 5.74) is 1.62. The van der Waals surface area contributed by atoms with Crippen LogP contribution in [0.2, 0.25) is 0 Å². The number of aromatic amines is 1. The Balaban J connectivity index is 1.58. The molecule has 2 unspecified atom stereocenters. The van der Waals surface area contributed by atoms with E-state index < -0.39 is 0 Å². The van der Waals surface area contributed by atoms with Crippen molar-refractivity contribution in [3.8, 4) is 0 Å². The molecule has 1 aliphatic rings. The summed E-state index contributed by atoms with van der Waals surface area (Å²) in [5.74, 6) is 1.78. The van der Waals surface area contributed by atoms with Crippen molar-refractivity contribution in [3.63, 3.8) is 0 Å². The molecule has 1 saturated heterocycles. The standard InChI is InChI=1S/C21H27N5O2/c1-2-16(9-11-27)20-22-12-18-21(28)23-19(24-26(18)20)17-8-10-25(14-17)13-15-6-4-3-5-7-15/h3-7,12,16-17,27H,2,8-11,13-14H2,1H3,(H,23,24,28). The maximum atomic E-state index is 12.6. The van der Waals surface area contributed by atoms with Crippen LogP contribution in [0.15, 0.2) is 41.3 Å². The molecule has 0 spiro atoms. The molecule has 2 aromatic heterocycles. The van der Waals surface area contributed by atoms with E-state index in [0.717, 1.165) is 44.1 Å². The summed E-state index contributed by atoms with van der Waals surface area (Å²) < 4.78 is 1.69. The Hall–Kier alpha value is -2.51. The fraction of sp³-hybridized carbons (Fsp3) is 0.476. The molecule has 7 heteroatoms. The van der Waals surface area contributed by atoms with Gasteiger partial charge in [0.05, 0.1) is 6.20 Å². The maximum Gasteiger partial charge on any atom is 0.276 e. The Labute approximate surface area is 164 Å². The van der Waals surface area contributed by atoms with E-state index in [9.17, 15) is 9.90 Å². The van der Waals surface area contributed by atoms with Gasteiger partial charge in [-0.1, -0.05) is 37.3 Å². The first-order valence-corrected chi connectivity index (χ1v) is 10.0. The van der Waals surface area contributed by atoms with Crippen LogP contribution in [-0.2, 0) is 6.54 Å². The summed E-state index contributed by atoms with van der Waals surface area (Å²) in [7, 11) is 0. The average molecular weight is 381 g/mol. The highest BCUT2D eigenvalue weighted by Gasteiger charge is 2.27. The van der Waals surface area contributed by atoms with Gasteiger partial charge in [-0.3, -0.25) is 9.69 Å². The smallest absolute Gasteiger partial charge is 0.276 e. The fourth-order valence-corrected chi connectivity index (χ4v) is 4.11. The highest BCUT2D eigenvalue weighted by Crippen LogP contribution is 2.26. The molecule has 0 aliphatic carbocycles. The topological polar surface area (TPSA) is 86.5 Å². The maximum absolute atomic E-state index is 12.6. The average Bonchev–Trinajstić information content (AvgIpc) is 3.34. The number of nitrogens with one attached hydrogen (secondary N) is 1. The van der Waals surface area contributed by atoms with Gasteiger partial charge in [-0.25, -0.2) is 9.50 Å². The van der Waals surface area contributed by atoms with Gasteiger partial charge in [0.25, 0.3) is 5.56 Å². The second-order valence-corrected chi connectivity index (χ2v) is 7.58. The molecule has 0 amide bonds. The van der Waals surface area contributed by atoms with Crippen molar-refractivity contribution >= 4 is 5.52 Å². The van der Waals surface area contributed by atoms with Crippen molar-refractivity contribution in [1.29, 1.82) is 0 Å². The van der Waals surface area contributed by atoms with Crippen LogP contribution in [0.1, 0.15) is 55.2 Å². The summed E-state index contributed by atoms with van der Waals surface area (Å²) in [6.07, 6.45) is 4.02. The van der Waals surface area contributed by atoms with E-state index in [1.54, 1.807) is 10.7 Å². The van der Waals surface area contributed by atoms with Crippen molar-refractivity contribution in [3.05, 3.63) is 64.1 Å². The first kappa shape index (κ1) is 18.8. The molecule has 1 aromatic carbocycles. The summed E-state index contributed by atoms with van der Waals surface area (Å²) >= 11 is 0. The zero-order chi connectivity index (χ0) is 19.5. The van der Waals surface area contributed by atoms with Crippen molar-refractivity contribution in [1.82, 2.24) is 24.5 Å². The Morgan fingerprint density at radius 2 is 2.14 bits per heavy atom. The van der Waals surface area contributed by atoms with Gasteiger partial charge >= 0.3 is 0 Å². The van der Waals surface area contributed by atoms with E-state index in [-0.39, 0.29) is 24.0 Å². The number of rotatable bonds is 7. The van der Waals surface area contributed by atoms with Crippen LogP contribution in [0.3, 0.4) is 0 Å². The number of hydrogen-bond acceptors (Lipinski definition) is 5. The molecule has 0 radical (unpaired) electrons. The monoisotopic (exact) mass is 381 g/mol. The van der Waals surface area contributed by atoms with E-state index in [1.165, 1.54) is 5.56 Å². The van der Waals surface area contributed by atoms with Crippen LogP contribution in [0.4, 0.5) is 0 Å². The zero-order valence-corrected chi connectivity index (χ0v) is 16.2. The van der Waals surface area contributed by atoms with Crippen LogP contribution in [0, 0.1) is 0 Å². The first-order valence-electron chi connectivity index (χ1n) is 10.0. The fourth-order valence-electron chi connectivity index (χ4n) is 4.11. The normalized spacial score (nSPS) is 18.7. The van der Waals surface area contributed by atoms with Crippen molar-refractivity contribution < 1.29 is 5.11 Å². The van der Waals surface area contributed by atoms with Gasteiger partial charge in [0, 0.05) is 31.5 Å². The van der Waals surface area contributed by atoms with Gasteiger partial charge in [-0.05, 0) is 31.4 Å². The highest BCUT2D eigenvalue weighted by molar-refractivity contribution is 5.42. The Bertz CT molecular complexity index is 981. The number of aliphatic hydroxyl groups is 1. The number of aromatic nitrogens is 4. The van der Waals surface area contributed by atoms with E-state index in [0.29, 0.717) is 11.9 Å². The third kappa shape index (κ3) is 3.72. The molecule has 2 N–H and O–H groups in total. The van der Waals surface area contributed by atoms with E-state index in [2.05, 4.69) is 46.1 Å². The van der Waals surface area contributed by atoms with E-state index in [1.807, 2.05) is 6.07 Å². The van der Waals surface area contributed by atoms with Crippen LogP contribution >= 0.6 is 0 Å². The van der Waals surface area contributed by atoms with Crippen LogP contribution in [-0.4, -0.2) is 49.3 Å². The summed E-state index contributed by atoms with van der Waals surface area (Å²) in [6, 6.07) is 10.4. The third-order valence-corrected chi connectivity index (χ3v) is 5.69. The Kier molecular flexibility index (Phi) is 5.54. The van der Waals surface area contributed by atoms with Crippen molar-refractivity contribution in [2.24, 2.45) is 0 Å². The molecule has 7 nitrogen and oxygen atoms in total. The van der Waals surface area contributed by atoms with E-state index in [4.69, 9.17) is 5.10 Å². The lowest BCUT2D eigenvalue weighted by atomic mass is 10.0. The summed E-state index contributed by atoms with van der Waals surface area (Å²) in [6.45, 7) is 4.93. The second-order valence-electron chi connectivity index (χ2n) is 7.58. The number of nitrogens with zero attached hydrogens (tertiary/aromatic N) is 4. The minimum atomic E-state index is -0.149. The molecule has 1 fully saturated rings. The number of fused-ring (bicyclic) bond motifs is 1. The van der Waals surface area contributed by atoms with Crippen molar-refractivity contribution in [2.45, 2.75) is 44.6 Å². The van der Waals surface area contributed by atoms with Gasteiger partial charge in [-0.15, -0.1) is 0 Å². The molecule has 3 heterocycles. The Morgan fingerprint density at radius 1 is 1.32 bits per heavy atom. The molecule has 1 aliphatic heterocycles. The van der Waals surface area contributed by atoms with E-state index >= 15 is 0 Å². The lowest BCUT2D eigenvalue weighted by molar-refractivity contribution is 0.271. The van der Waals surface area contributed by atoms with Gasteiger partial charge in [0.2, 0.25) is 0 Å². The van der Waals surface area contributed by atoms with Crippen LogP contribution in [0.25, 0.3) is 5.52 Å². The molecular formula is C21H27N5O2. The van der Waals surface area contributed by atoms with Gasteiger partial charge in [0.1, 0.15) is 11.6 Å². The number of aliphatic hydroxyl groups excluding tert-OH is 1. The predicted octanol–water partition coefficient (Wildman–Crippen LogP) is 2.28. The molecule has 3 aromatic rings. The first-order chi connectivity index (χ1) is 13.7. The Morgan fingerprint density at radius 3 is 2.89 bits per heavy atom. The number of likely N-dealkylation sites (tertiary alicyclic amines) is 1. The van der Waals surface area contributed by atoms with Gasteiger partial charge in [0.15, 0.2) is 5.52 Å². The van der Waals surface area contributed by atoms with Crippen LogP contribution < -0.4 is 5.56 Å². The molecule has 28 heavy (non-hydrogen) atoms. The minimum Gasteiger partial charge on any atom is -0.396 e. The third-order valence-electron chi connectivity index (χ3n) is 5.69. The van der Waals surface area contributed by atoms with Crippen LogP contribution in [0.5, 0.6) is 0 Å². The summed E-state index contributed by atoms with van der Waals surface area (Å²) in [4.78, 5) is 22.4. The minimum absolute atomic E-state index is 0.0906. The molecular weight excluding hydrogens is 354 g/mol. The predicted molar refractivity (Wildman–Crippen MR) is 107 cm³/mol. The zero-order valence-electron chi connectivity index (χ0n) is 16.2. The van der Waals surface area contributed by atoms with Gasteiger partial charge < -0.3 is 10.1 Å². The lowest BCUT2D eigenvalue weighted by Crippen LogP contribution is -2.23. The molecule has 0 saturated carbocycles. The molecule has 148 valence electrons. The SMILES string of the molecule is CCC(CCO)c1ncc2c(=O)[nH]c(C3CCN(Cc4ccccc4)C3)nn12. The number of hydrogen-bond donors (Lipinski definition) is 2. The molecule has 2 atom stereocenters. The lowest BCUT2D eigenvalue weighted by Gasteiger charge is -2.16. The molecule has 0 bridgehead atoms. The number of H-pyrrole nitrogens is 1. The quantitative estimate of drug-likeness (QED) is 0.656. The number of imidazole rings is 1. The second kappa shape index (κ2) is 8.24. The largest absolute Gasteiger partial charge is 0.396 e.